The number of rotatable bonds is 3. The summed E-state index contributed by atoms with van der Waals surface area (Å²) in [5.74, 6) is 0.695. The summed E-state index contributed by atoms with van der Waals surface area (Å²) in [4.78, 5) is 26.6. The van der Waals surface area contributed by atoms with Crippen LogP contribution in [-0.2, 0) is 4.79 Å². The number of hydrogen-bond acceptors (Lipinski definition) is 3. The van der Waals surface area contributed by atoms with Gasteiger partial charge in [-0.3, -0.25) is 9.59 Å². The molecule has 0 unspecified atom stereocenters. The summed E-state index contributed by atoms with van der Waals surface area (Å²) < 4.78 is 0.812. The molecule has 1 saturated heterocycles. The molecule has 1 N–H and O–H groups in total. The molecule has 2 heterocycles. The Balaban J connectivity index is 1.61. The number of carbonyl (C=O) groups excluding carboxylic acids is 2. The lowest BCUT2D eigenvalue weighted by atomic mass is 10.2. The zero-order chi connectivity index (χ0) is 13.6. The van der Waals surface area contributed by atoms with Crippen molar-refractivity contribution in [3.8, 4) is 0 Å². The molecule has 0 radical (unpaired) electrons. The maximum Gasteiger partial charge on any atom is 0.262 e. The smallest absolute Gasteiger partial charge is 0.262 e. The summed E-state index contributed by atoms with van der Waals surface area (Å²) in [5, 5.41) is 4.83. The number of nitrogens with one attached hydrogen (secondary N) is 1. The van der Waals surface area contributed by atoms with Crippen LogP contribution in [0.15, 0.2) is 15.9 Å². The number of likely N-dealkylation sites (tertiary alicyclic amines) is 1. The Morgan fingerprint density at radius 3 is 2.89 bits per heavy atom. The van der Waals surface area contributed by atoms with Crippen molar-refractivity contribution in [2.75, 3.05) is 6.54 Å². The first-order valence-corrected chi connectivity index (χ1v) is 8.07. The Kier molecular flexibility index (Phi) is 3.39. The fourth-order valence-corrected chi connectivity index (χ4v) is 4.05. The van der Waals surface area contributed by atoms with E-state index in [0.29, 0.717) is 29.8 Å². The third kappa shape index (κ3) is 2.56. The fourth-order valence-electron chi connectivity index (χ4n) is 2.59. The molecule has 0 spiro atoms. The molecular weight excluding hydrogens is 328 g/mol. The first-order chi connectivity index (χ1) is 9.06. The Hall–Kier alpha value is -0.880. The topological polar surface area (TPSA) is 49.4 Å². The standard InChI is InChI=1S/C13H15BrN2O2S/c1-7-4-10(7)16-6-8(5-11(16)17)15-13(18)12-9(14)2-3-19-12/h2-3,7-8,10H,4-6H2,1H3,(H,15,18)/t7-,8-,10+/m1/s1. The highest BCUT2D eigenvalue weighted by molar-refractivity contribution is 9.10. The molecule has 3 atom stereocenters. The van der Waals surface area contributed by atoms with Gasteiger partial charge in [-0.05, 0) is 39.7 Å². The molecular formula is C13H15BrN2O2S. The van der Waals surface area contributed by atoms with Crippen LogP contribution in [0, 0.1) is 5.92 Å². The molecule has 0 aromatic carbocycles. The van der Waals surface area contributed by atoms with E-state index in [1.165, 1.54) is 11.3 Å². The van der Waals surface area contributed by atoms with E-state index in [1.54, 1.807) is 0 Å². The second-order valence-corrected chi connectivity index (χ2v) is 7.07. The molecule has 1 aliphatic carbocycles. The van der Waals surface area contributed by atoms with Gasteiger partial charge < -0.3 is 10.2 Å². The number of carbonyl (C=O) groups is 2. The predicted molar refractivity (Wildman–Crippen MR) is 77.2 cm³/mol. The largest absolute Gasteiger partial charge is 0.346 e. The summed E-state index contributed by atoms with van der Waals surface area (Å²) in [6, 6.07) is 2.21. The van der Waals surface area contributed by atoms with Crippen molar-refractivity contribution >= 4 is 39.1 Å². The second-order valence-electron chi connectivity index (χ2n) is 5.30. The zero-order valence-electron chi connectivity index (χ0n) is 10.6. The van der Waals surface area contributed by atoms with Crippen molar-refractivity contribution in [2.24, 2.45) is 5.92 Å². The number of nitrogens with zero attached hydrogens (tertiary/aromatic N) is 1. The van der Waals surface area contributed by atoms with E-state index in [4.69, 9.17) is 0 Å². The quantitative estimate of drug-likeness (QED) is 0.915. The van der Waals surface area contributed by atoms with Crippen molar-refractivity contribution in [2.45, 2.75) is 31.8 Å². The van der Waals surface area contributed by atoms with Crippen LogP contribution in [0.3, 0.4) is 0 Å². The molecule has 0 bridgehead atoms. The van der Waals surface area contributed by atoms with E-state index in [2.05, 4.69) is 28.2 Å². The van der Waals surface area contributed by atoms with Crippen LogP contribution < -0.4 is 5.32 Å². The van der Waals surface area contributed by atoms with Gasteiger partial charge in [-0.25, -0.2) is 0 Å². The number of halogens is 1. The average molecular weight is 343 g/mol. The van der Waals surface area contributed by atoms with Crippen LogP contribution >= 0.6 is 27.3 Å². The van der Waals surface area contributed by atoms with Crippen LogP contribution in [0.25, 0.3) is 0 Å². The molecule has 3 rings (SSSR count). The molecule has 1 aromatic heterocycles. The summed E-state index contributed by atoms with van der Waals surface area (Å²) in [5.41, 5.74) is 0. The molecule has 1 aliphatic heterocycles. The second kappa shape index (κ2) is 4.90. The first-order valence-electron chi connectivity index (χ1n) is 6.39. The molecule has 2 fully saturated rings. The van der Waals surface area contributed by atoms with Crippen molar-refractivity contribution < 1.29 is 9.59 Å². The van der Waals surface area contributed by atoms with E-state index in [-0.39, 0.29) is 17.9 Å². The van der Waals surface area contributed by atoms with Gasteiger partial charge in [0, 0.05) is 23.5 Å². The highest BCUT2D eigenvalue weighted by atomic mass is 79.9. The molecule has 19 heavy (non-hydrogen) atoms. The van der Waals surface area contributed by atoms with Gasteiger partial charge >= 0.3 is 0 Å². The maximum absolute atomic E-state index is 12.1. The van der Waals surface area contributed by atoms with Crippen LogP contribution in [0.1, 0.15) is 29.4 Å². The van der Waals surface area contributed by atoms with Crippen LogP contribution in [0.2, 0.25) is 0 Å². The zero-order valence-corrected chi connectivity index (χ0v) is 13.0. The molecule has 2 amide bonds. The molecule has 6 heteroatoms. The van der Waals surface area contributed by atoms with E-state index in [0.717, 1.165) is 10.9 Å². The normalized spacial score (nSPS) is 29.7. The minimum absolute atomic E-state index is 0.0539. The first kappa shape index (κ1) is 13.1. The van der Waals surface area contributed by atoms with E-state index in [9.17, 15) is 9.59 Å². The Labute approximate surface area is 124 Å². The fraction of sp³-hybridized carbons (Fsp3) is 0.538. The van der Waals surface area contributed by atoms with Gasteiger partial charge in [0.15, 0.2) is 0 Å². The summed E-state index contributed by atoms with van der Waals surface area (Å²) >= 11 is 4.76. The Morgan fingerprint density at radius 2 is 2.32 bits per heavy atom. The molecule has 102 valence electrons. The molecule has 2 aliphatic rings. The van der Waals surface area contributed by atoms with E-state index in [1.807, 2.05) is 16.3 Å². The van der Waals surface area contributed by atoms with Crippen molar-refractivity contribution in [3.05, 3.63) is 20.8 Å². The minimum atomic E-state index is -0.0922. The summed E-state index contributed by atoms with van der Waals surface area (Å²) in [6.07, 6.45) is 1.53. The van der Waals surface area contributed by atoms with Crippen LogP contribution in [0.5, 0.6) is 0 Å². The average Bonchev–Trinajstić information content (AvgIpc) is 2.75. The maximum atomic E-state index is 12.1. The molecule has 4 nitrogen and oxygen atoms in total. The van der Waals surface area contributed by atoms with Gasteiger partial charge in [-0.1, -0.05) is 6.92 Å². The Morgan fingerprint density at radius 1 is 1.58 bits per heavy atom. The Bertz CT molecular complexity index is 530. The van der Waals surface area contributed by atoms with E-state index >= 15 is 0 Å². The SMILES string of the molecule is C[C@@H]1C[C@@H]1N1C[C@H](NC(=O)c2sccc2Br)CC1=O. The van der Waals surface area contributed by atoms with Gasteiger partial charge in [0.1, 0.15) is 4.88 Å². The van der Waals surface area contributed by atoms with Crippen molar-refractivity contribution in [1.82, 2.24) is 10.2 Å². The highest BCUT2D eigenvalue weighted by Gasteiger charge is 2.44. The minimum Gasteiger partial charge on any atom is -0.346 e. The molecule has 1 aromatic rings. The van der Waals surface area contributed by atoms with Crippen molar-refractivity contribution in [3.63, 3.8) is 0 Å². The number of thiophene rings is 1. The lowest BCUT2D eigenvalue weighted by Crippen LogP contribution is -2.37. The van der Waals surface area contributed by atoms with Gasteiger partial charge in [-0.15, -0.1) is 11.3 Å². The summed E-state index contributed by atoms with van der Waals surface area (Å²) in [6.45, 7) is 2.81. The third-order valence-corrected chi connectivity index (χ3v) is 5.62. The van der Waals surface area contributed by atoms with E-state index < -0.39 is 0 Å². The van der Waals surface area contributed by atoms with Gasteiger partial charge in [-0.2, -0.15) is 0 Å². The highest BCUT2D eigenvalue weighted by Crippen LogP contribution is 2.37. The van der Waals surface area contributed by atoms with Crippen LogP contribution in [-0.4, -0.2) is 35.3 Å². The summed E-state index contributed by atoms with van der Waals surface area (Å²) in [7, 11) is 0. The predicted octanol–water partition coefficient (Wildman–Crippen LogP) is 2.25. The van der Waals surface area contributed by atoms with Gasteiger partial charge in [0.05, 0.1) is 6.04 Å². The van der Waals surface area contributed by atoms with Crippen LogP contribution in [0.4, 0.5) is 0 Å². The number of amides is 2. The molecule has 1 saturated carbocycles. The van der Waals surface area contributed by atoms with Gasteiger partial charge in [0.2, 0.25) is 5.91 Å². The third-order valence-electron chi connectivity index (χ3n) is 3.78. The lowest BCUT2D eigenvalue weighted by molar-refractivity contribution is -0.128. The number of hydrogen-bond donors (Lipinski definition) is 1. The van der Waals surface area contributed by atoms with Gasteiger partial charge in [0.25, 0.3) is 5.91 Å². The monoisotopic (exact) mass is 342 g/mol. The van der Waals surface area contributed by atoms with Crippen molar-refractivity contribution in [1.29, 1.82) is 0 Å². The lowest BCUT2D eigenvalue weighted by Gasteiger charge is -2.16.